The van der Waals surface area contributed by atoms with Crippen LogP contribution in [0.25, 0.3) is 0 Å². The Morgan fingerprint density at radius 3 is 2.33 bits per heavy atom. The van der Waals surface area contributed by atoms with Crippen molar-refractivity contribution in [1.82, 2.24) is 5.32 Å². The fraction of sp³-hybridized carbons (Fsp3) is 0.316. The van der Waals surface area contributed by atoms with Gasteiger partial charge in [-0.25, -0.2) is 0 Å². The van der Waals surface area contributed by atoms with E-state index in [1.807, 2.05) is 32.0 Å². The number of carbonyl (C=O) groups is 1. The van der Waals surface area contributed by atoms with Crippen molar-refractivity contribution < 1.29 is 19.0 Å². The van der Waals surface area contributed by atoms with E-state index in [9.17, 15) is 4.79 Å². The predicted octanol–water partition coefficient (Wildman–Crippen LogP) is 3.51. The summed E-state index contributed by atoms with van der Waals surface area (Å²) in [5.41, 5.74) is 2.45. The highest BCUT2D eigenvalue weighted by Gasteiger charge is 2.20. The average molecular weight is 329 g/mol. The van der Waals surface area contributed by atoms with Gasteiger partial charge in [0.2, 0.25) is 0 Å². The van der Waals surface area contributed by atoms with Crippen LogP contribution in [-0.2, 0) is 0 Å². The minimum atomic E-state index is -0.234. The number of hydrogen-bond acceptors (Lipinski definition) is 4. The van der Waals surface area contributed by atoms with Crippen LogP contribution in [-0.4, -0.2) is 27.2 Å². The molecule has 0 saturated carbocycles. The van der Waals surface area contributed by atoms with E-state index in [-0.39, 0.29) is 11.9 Å². The molecule has 2 aromatic rings. The van der Waals surface area contributed by atoms with Gasteiger partial charge in [0.05, 0.1) is 32.9 Å². The Bertz CT molecular complexity index is 727. The molecule has 0 unspecified atom stereocenters. The lowest BCUT2D eigenvalue weighted by atomic mass is 10.0. The standard InChI is InChI=1S/C19H23NO4/c1-12-9-10-16(22-3)15(11-12)13(2)20-19(21)14-7-6-8-17(23-4)18(14)24-5/h6-11,13H,1-5H3,(H,20,21)/t13-/m1/s1. The van der Waals surface area contributed by atoms with Crippen molar-refractivity contribution >= 4 is 5.91 Å². The summed E-state index contributed by atoms with van der Waals surface area (Å²) in [7, 11) is 4.68. The quantitative estimate of drug-likeness (QED) is 0.881. The summed E-state index contributed by atoms with van der Waals surface area (Å²) >= 11 is 0. The second-order valence-corrected chi connectivity index (χ2v) is 5.48. The van der Waals surface area contributed by atoms with Gasteiger partial charge in [-0.05, 0) is 32.0 Å². The summed E-state index contributed by atoms with van der Waals surface area (Å²) in [5, 5.41) is 2.99. The van der Waals surface area contributed by atoms with E-state index in [2.05, 4.69) is 5.32 Å². The number of hydrogen-bond donors (Lipinski definition) is 1. The lowest BCUT2D eigenvalue weighted by Crippen LogP contribution is -2.27. The molecule has 1 atom stereocenters. The first-order valence-corrected chi connectivity index (χ1v) is 7.68. The highest BCUT2D eigenvalue weighted by molar-refractivity contribution is 5.98. The number of benzene rings is 2. The van der Waals surface area contributed by atoms with Gasteiger partial charge in [0, 0.05) is 5.56 Å². The van der Waals surface area contributed by atoms with Gasteiger partial charge in [-0.2, -0.15) is 0 Å². The molecule has 5 heteroatoms. The maximum atomic E-state index is 12.7. The summed E-state index contributed by atoms with van der Waals surface area (Å²) in [6, 6.07) is 10.9. The molecule has 0 spiro atoms. The lowest BCUT2D eigenvalue weighted by molar-refractivity contribution is 0.0935. The summed E-state index contributed by atoms with van der Waals surface area (Å²) in [6.45, 7) is 3.92. The van der Waals surface area contributed by atoms with Crippen LogP contribution in [0, 0.1) is 6.92 Å². The van der Waals surface area contributed by atoms with Crippen LogP contribution < -0.4 is 19.5 Å². The normalized spacial score (nSPS) is 11.5. The van der Waals surface area contributed by atoms with Gasteiger partial charge in [0.25, 0.3) is 5.91 Å². The number of amides is 1. The van der Waals surface area contributed by atoms with E-state index in [1.165, 1.54) is 7.11 Å². The van der Waals surface area contributed by atoms with Gasteiger partial charge in [-0.1, -0.05) is 23.8 Å². The first-order chi connectivity index (χ1) is 11.5. The fourth-order valence-corrected chi connectivity index (χ4v) is 2.61. The highest BCUT2D eigenvalue weighted by Crippen LogP contribution is 2.32. The second-order valence-electron chi connectivity index (χ2n) is 5.48. The van der Waals surface area contributed by atoms with Crippen molar-refractivity contribution in [2.24, 2.45) is 0 Å². The summed E-state index contributed by atoms with van der Waals surface area (Å²) in [6.07, 6.45) is 0. The zero-order valence-electron chi connectivity index (χ0n) is 14.7. The second kappa shape index (κ2) is 7.73. The number of ether oxygens (including phenoxy) is 3. The first-order valence-electron chi connectivity index (χ1n) is 7.68. The molecule has 5 nitrogen and oxygen atoms in total. The van der Waals surface area contributed by atoms with Crippen LogP contribution in [0.5, 0.6) is 17.2 Å². The van der Waals surface area contributed by atoms with Gasteiger partial charge in [-0.15, -0.1) is 0 Å². The van der Waals surface area contributed by atoms with Gasteiger partial charge in [0.1, 0.15) is 5.75 Å². The van der Waals surface area contributed by atoms with Crippen molar-refractivity contribution in [3.63, 3.8) is 0 Å². The first kappa shape index (κ1) is 17.7. The van der Waals surface area contributed by atoms with Crippen LogP contribution in [0.1, 0.15) is 34.5 Å². The van der Waals surface area contributed by atoms with Gasteiger partial charge < -0.3 is 19.5 Å². The van der Waals surface area contributed by atoms with Crippen molar-refractivity contribution in [3.05, 3.63) is 53.1 Å². The molecule has 0 aromatic heterocycles. The fourth-order valence-electron chi connectivity index (χ4n) is 2.61. The molecule has 0 aliphatic heterocycles. The molecule has 0 bridgehead atoms. The number of carbonyl (C=O) groups excluding carboxylic acids is 1. The molecule has 0 heterocycles. The number of aryl methyl sites for hydroxylation is 1. The molecule has 24 heavy (non-hydrogen) atoms. The number of rotatable bonds is 6. The van der Waals surface area contributed by atoms with Crippen LogP contribution >= 0.6 is 0 Å². The van der Waals surface area contributed by atoms with E-state index in [1.54, 1.807) is 32.4 Å². The maximum absolute atomic E-state index is 12.7. The minimum absolute atomic E-state index is 0.219. The largest absolute Gasteiger partial charge is 0.496 e. The zero-order chi connectivity index (χ0) is 17.7. The predicted molar refractivity (Wildman–Crippen MR) is 93.2 cm³/mol. The van der Waals surface area contributed by atoms with Gasteiger partial charge >= 0.3 is 0 Å². The van der Waals surface area contributed by atoms with E-state index < -0.39 is 0 Å². The number of para-hydroxylation sites is 1. The van der Waals surface area contributed by atoms with Gasteiger partial charge in [0.15, 0.2) is 11.5 Å². The third-order valence-electron chi connectivity index (χ3n) is 3.85. The van der Waals surface area contributed by atoms with E-state index in [0.717, 1.165) is 16.9 Å². The molecule has 0 aliphatic rings. The summed E-state index contributed by atoms with van der Waals surface area (Å²) in [5.74, 6) is 1.44. The molecule has 0 fully saturated rings. The van der Waals surface area contributed by atoms with Crippen LogP contribution in [0.3, 0.4) is 0 Å². The lowest BCUT2D eigenvalue weighted by Gasteiger charge is -2.19. The topological polar surface area (TPSA) is 56.8 Å². The van der Waals surface area contributed by atoms with E-state index in [4.69, 9.17) is 14.2 Å². The van der Waals surface area contributed by atoms with Crippen LogP contribution in [0.15, 0.2) is 36.4 Å². The Labute approximate surface area is 142 Å². The van der Waals surface area contributed by atoms with Crippen LogP contribution in [0.2, 0.25) is 0 Å². The highest BCUT2D eigenvalue weighted by atomic mass is 16.5. The summed E-state index contributed by atoms with van der Waals surface area (Å²) < 4.78 is 16.0. The molecule has 2 aromatic carbocycles. The Hall–Kier alpha value is -2.69. The van der Waals surface area contributed by atoms with Gasteiger partial charge in [-0.3, -0.25) is 4.79 Å². The Morgan fingerprint density at radius 2 is 1.71 bits per heavy atom. The molecule has 128 valence electrons. The third-order valence-corrected chi connectivity index (χ3v) is 3.85. The molecule has 0 aliphatic carbocycles. The van der Waals surface area contributed by atoms with Crippen LogP contribution in [0.4, 0.5) is 0 Å². The molecular weight excluding hydrogens is 306 g/mol. The molecule has 1 amide bonds. The Morgan fingerprint density at radius 1 is 1.00 bits per heavy atom. The van der Waals surface area contributed by atoms with Crippen molar-refractivity contribution in [1.29, 1.82) is 0 Å². The smallest absolute Gasteiger partial charge is 0.255 e. The molecule has 2 rings (SSSR count). The Balaban J connectivity index is 2.29. The molecule has 0 radical (unpaired) electrons. The van der Waals surface area contributed by atoms with E-state index in [0.29, 0.717) is 17.1 Å². The number of nitrogens with one attached hydrogen (secondary N) is 1. The zero-order valence-corrected chi connectivity index (χ0v) is 14.7. The summed E-state index contributed by atoms with van der Waals surface area (Å²) in [4.78, 5) is 12.7. The molecule has 1 N–H and O–H groups in total. The van der Waals surface area contributed by atoms with Crippen molar-refractivity contribution in [3.8, 4) is 17.2 Å². The van der Waals surface area contributed by atoms with Crippen molar-refractivity contribution in [2.75, 3.05) is 21.3 Å². The Kier molecular flexibility index (Phi) is 5.68. The maximum Gasteiger partial charge on any atom is 0.255 e. The minimum Gasteiger partial charge on any atom is -0.496 e. The van der Waals surface area contributed by atoms with Crippen molar-refractivity contribution in [2.45, 2.75) is 19.9 Å². The number of methoxy groups -OCH3 is 3. The average Bonchev–Trinajstić information content (AvgIpc) is 2.60. The van der Waals surface area contributed by atoms with E-state index >= 15 is 0 Å². The third kappa shape index (κ3) is 3.62. The molecular formula is C19H23NO4. The molecule has 0 saturated heterocycles. The SMILES string of the molecule is COc1ccc(C)cc1[C@@H](C)NC(=O)c1cccc(OC)c1OC. The monoisotopic (exact) mass is 329 g/mol.